The van der Waals surface area contributed by atoms with Gasteiger partial charge in [-0.05, 0) is 46.3 Å². The summed E-state index contributed by atoms with van der Waals surface area (Å²) in [5.74, 6) is 0.0919. The molecule has 3 aromatic rings. The molecule has 0 aliphatic heterocycles. The number of nitrogens with one attached hydrogen (secondary N) is 2. The first-order valence-electron chi connectivity index (χ1n) is 6.85. The highest BCUT2D eigenvalue weighted by molar-refractivity contribution is 9.10. The molecule has 1 amide bonds. The SMILES string of the molecule is COc1ccc2[nH]cc(C(=O)Nc3ccccc3Br)c(=O)c2c1. The van der Waals surface area contributed by atoms with Crippen LogP contribution in [0.15, 0.2) is 57.9 Å². The predicted molar refractivity (Wildman–Crippen MR) is 93.2 cm³/mol. The van der Waals surface area contributed by atoms with E-state index in [1.165, 1.54) is 13.3 Å². The van der Waals surface area contributed by atoms with Crippen molar-refractivity contribution in [3.63, 3.8) is 0 Å². The van der Waals surface area contributed by atoms with Crippen LogP contribution in [0.3, 0.4) is 0 Å². The van der Waals surface area contributed by atoms with E-state index in [1.54, 1.807) is 30.3 Å². The van der Waals surface area contributed by atoms with Gasteiger partial charge in [0.1, 0.15) is 11.3 Å². The van der Waals surface area contributed by atoms with Gasteiger partial charge in [0.15, 0.2) is 0 Å². The lowest BCUT2D eigenvalue weighted by atomic mass is 10.1. The number of aromatic nitrogens is 1. The second-order valence-corrected chi connectivity index (χ2v) is 5.73. The summed E-state index contributed by atoms with van der Waals surface area (Å²) in [6, 6.07) is 12.3. The first-order chi connectivity index (χ1) is 11.1. The molecule has 0 aliphatic rings. The molecule has 1 heterocycles. The van der Waals surface area contributed by atoms with Crippen LogP contribution in [0.25, 0.3) is 10.9 Å². The van der Waals surface area contributed by atoms with E-state index < -0.39 is 5.91 Å². The highest BCUT2D eigenvalue weighted by Crippen LogP contribution is 2.22. The van der Waals surface area contributed by atoms with Gasteiger partial charge in [0.2, 0.25) is 5.43 Å². The standard InChI is InChI=1S/C17H13BrN2O3/c1-23-10-6-7-14-11(8-10)16(21)12(9-19-14)17(22)20-15-5-3-2-4-13(15)18/h2-9H,1H3,(H,19,21)(H,20,22). The average Bonchev–Trinajstić information content (AvgIpc) is 2.57. The highest BCUT2D eigenvalue weighted by Gasteiger charge is 2.14. The quantitative estimate of drug-likeness (QED) is 0.738. The molecule has 0 spiro atoms. The number of fused-ring (bicyclic) bond motifs is 1. The summed E-state index contributed by atoms with van der Waals surface area (Å²) >= 11 is 3.36. The predicted octanol–water partition coefficient (Wildman–Crippen LogP) is 3.55. The fourth-order valence-corrected chi connectivity index (χ4v) is 2.63. The minimum Gasteiger partial charge on any atom is -0.497 e. The summed E-state index contributed by atoms with van der Waals surface area (Å²) in [6.07, 6.45) is 1.42. The van der Waals surface area contributed by atoms with E-state index >= 15 is 0 Å². The number of anilines is 1. The van der Waals surface area contributed by atoms with Gasteiger partial charge >= 0.3 is 0 Å². The molecule has 6 heteroatoms. The Hall–Kier alpha value is -2.60. The van der Waals surface area contributed by atoms with E-state index in [9.17, 15) is 9.59 Å². The minimum absolute atomic E-state index is 0.0431. The van der Waals surface area contributed by atoms with Crippen LogP contribution < -0.4 is 15.5 Å². The second kappa shape index (κ2) is 6.26. The molecule has 23 heavy (non-hydrogen) atoms. The number of ether oxygens (including phenoxy) is 1. The largest absolute Gasteiger partial charge is 0.497 e. The average molecular weight is 373 g/mol. The lowest BCUT2D eigenvalue weighted by molar-refractivity contribution is 0.102. The number of hydrogen-bond acceptors (Lipinski definition) is 3. The lowest BCUT2D eigenvalue weighted by Crippen LogP contribution is -2.22. The Bertz CT molecular complexity index is 950. The van der Waals surface area contributed by atoms with E-state index in [-0.39, 0.29) is 11.0 Å². The summed E-state index contributed by atoms with van der Waals surface area (Å²) in [6.45, 7) is 0. The molecule has 5 nitrogen and oxygen atoms in total. The molecular formula is C17H13BrN2O3. The molecule has 1 aromatic heterocycles. The third kappa shape index (κ3) is 2.98. The molecule has 2 aromatic carbocycles. The molecule has 3 rings (SSSR count). The molecule has 0 atom stereocenters. The van der Waals surface area contributed by atoms with E-state index in [0.29, 0.717) is 22.3 Å². The molecular weight excluding hydrogens is 360 g/mol. The Labute approximate surface area is 140 Å². The summed E-state index contributed by atoms with van der Waals surface area (Å²) in [7, 11) is 1.53. The first-order valence-corrected chi connectivity index (χ1v) is 7.65. The van der Waals surface area contributed by atoms with Crippen molar-refractivity contribution in [1.29, 1.82) is 0 Å². The maximum absolute atomic E-state index is 12.6. The third-order valence-corrected chi connectivity index (χ3v) is 4.15. The third-order valence-electron chi connectivity index (χ3n) is 3.45. The van der Waals surface area contributed by atoms with E-state index in [2.05, 4.69) is 26.2 Å². The number of methoxy groups -OCH3 is 1. The molecule has 0 aliphatic carbocycles. The van der Waals surface area contributed by atoms with Crippen LogP contribution in [0, 0.1) is 0 Å². The number of carbonyl (C=O) groups is 1. The zero-order valence-corrected chi connectivity index (χ0v) is 13.8. The zero-order valence-electron chi connectivity index (χ0n) is 12.2. The molecule has 0 unspecified atom stereocenters. The normalized spacial score (nSPS) is 10.5. The van der Waals surface area contributed by atoms with Crippen molar-refractivity contribution in [2.75, 3.05) is 12.4 Å². The number of benzene rings is 2. The number of pyridine rings is 1. The number of H-pyrrole nitrogens is 1. The zero-order chi connectivity index (χ0) is 16.4. The van der Waals surface area contributed by atoms with E-state index in [0.717, 1.165) is 4.47 Å². The van der Waals surface area contributed by atoms with Crippen molar-refractivity contribution in [1.82, 2.24) is 4.98 Å². The molecule has 2 N–H and O–H groups in total. The Morgan fingerprint density at radius 2 is 2.00 bits per heavy atom. The van der Waals surface area contributed by atoms with Gasteiger partial charge in [0.05, 0.1) is 12.8 Å². The molecule has 0 saturated carbocycles. The van der Waals surface area contributed by atoms with Crippen LogP contribution >= 0.6 is 15.9 Å². The van der Waals surface area contributed by atoms with E-state index in [4.69, 9.17) is 4.74 Å². The van der Waals surface area contributed by atoms with Gasteiger partial charge in [0, 0.05) is 21.6 Å². The van der Waals surface area contributed by atoms with E-state index in [1.807, 2.05) is 12.1 Å². The Morgan fingerprint density at radius 3 is 2.74 bits per heavy atom. The van der Waals surface area contributed by atoms with Crippen molar-refractivity contribution >= 4 is 38.4 Å². The number of para-hydroxylation sites is 1. The first kappa shape index (κ1) is 15.3. The maximum atomic E-state index is 12.6. The minimum atomic E-state index is -0.470. The number of hydrogen-bond donors (Lipinski definition) is 2. The number of amides is 1. The van der Waals surface area contributed by atoms with Crippen molar-refractivity contribution in [2.24, 2.45) is 0 Å². The van der Waals surface area contributed by atoms with Crippen molar-refractivity contribution in [3.8, 4) is 5.75 Å². The van der Waals surface area contributed by atoms with Crippen LogP contribution in [-0.2, 0) is 0 Å². The number of aromatic amines is 1. The Kier molecular flexibility index (Phi) is 4.16. The molecule has 116 valence electrons. The summed E-state index contributed by atoms with van der Waals surface area (Å²) in [4.78, 5) is 27.9. The Balaban J connectivity index is 2.02. The lowest BCUT2D eigenvalue weighted by Gasteiger charge is -2.08. The molecule has 0 bridgehead atoms. The van der Waals surface area contributed by atoms with Gasteiger partial charge in [-0.2, -0.15) is 0 Å². The van der Waals surface area contributed by atoms with Gasteiger partial charge in [-0.1, -0.05) is 12.1 Å². The summed E-state index contributed by atoms with van der Waals surface area (Å²) < 4.78 is 5.87. The van der Waals surface area contributed by atoms with Gasteiger partial charge in [-0.15, -0.1) is 0 Å². The van der Waals surface area contributed by atoms with Gasteiger partial charge in [0.25, 0.3) is 5.91 Å². The summed E-state index contributed by atoms with van der Waals surface area (Å²) in [5, 5.41) is 3.13. The van der Waals surface area contributed by atoms with Crippen LogP contribution in [0.2, 0.25) is 0 Å². The van der Waals surface area contributed by atoms with Crippen LogP contribution in [0.4, 0.5) is 5.69 Å². The Morgan fingerprint density at radius 1 is 1.22 bits per heavy atom. The number of rotatable bonds is 3. The second-order valence-electron chi connectivity index (χ2n) is 4.88. The highest BCUT2D eigenvalue weighted by atomic mass is 79.9. The van der Waals surface area contributed by atoms with Gasteiger partial charge in [-0.3, -0.25) is 9.59 Å². The maximum Gasteiger partial charge on any atom is 0.261 e. The van der Waals surface area contributed by atoms with Crippen LogP contribution in [0.1, 0.15) is 10.4 Å². The smallest absolute Gasteiger partial charge is 0.261 e. The van der Waals surface area contributed by atoms with Gasteiger partial charge in [-0.25, -0.2) is 0 Å². The monoisotopic (exact) mass is 372 g/mol. The molecule has 0 radical (unpaired) electrons. The molecule has 0 fully saturated rings. The van der Waals surface area contributed by atoms with Crippen LogP contribution in [0.5, 0.6) is 5.75 Å². The van der Waals surface area contributed by atoms with Crippen molar-refractivity contribution in [3.05, 3.63) is 68.9 Å². The fourth-order valence-electron chi connectivity index (χ4n) is 2.25. The van der Waals surface area contributed by atoms with Crippen molar-refractivity contribution < 1.29 is 9.53 Å². The summed E-state index contributed by atoms with van der Waals surface area (Å²) in [5.41, 5.74) is 0.944. The number of carbonyl (C=O) groups excluding carboxylic acids is 1. The van der Waals surface area contributed by atoms with Crippen LogP contribution in [-0.4, -0.2) is 18.0 Å². The number of halogens is 1. The molecule has 0 saturated heterocycles. The topological polar surface area (TPSA) is 71.2 Å². The fraction of sp³-hybridized carbons (Fsp3) is 0.0588. The van der Waals surface area contributed by atoms with Crippen molar-refractivity contribution in [2.45, 2.75) is 0 Å². The van der Waals surface area contributed by atoms with Gasteiger partial charge < -0.3 is 15.0 Å².